The number of hydrogen-bond donors (Lipinski definition) is 3. The highest BCUT2D eigenvalue weighted by atomic mass is 16.5. The van der Waals surface area contributed by atoms with Gasteiger partial charge in [-0.15, -0.1) is 0 Å². The lowest BCUT2D eigenvalue weighted by Crippen LogP contribution is -2.17. The minimum absolute atomic E-state index is 0.209. The largest absolute Gasteiger partial charge is 0.466 e. The van der Waals surface area contributed by atoms with Crippen LogP contribution in [0.1, 0.15) is 23.7 Å². The summed E-state index contributed by atoms with van der Waals surface area (Å²) in [6.45, 7) is 2.45. The first-order valence-corrected chi connectivity index (χ1v) is 5.63. The van der Waals surface area contributed by atoms with E-state index in [-0.39, 0.29) is 12.4 Å². The molecule has 0 fully saturated rings. The molecule has 0 radical (unpaired) electrons. The number of anilines is 2. The number of benzene rings is 1. The van der Waals surface area contributed by atoms with Crippen molar-refractivity contribution < 1.29 is 14.3 Å². The maximum atomic E-state index is 11.2. The van der Waals surface area contributed by atoms with Gasteiger partial charge >= 0.3 is 5.97 Å². The molecule has 0 aliphatic rings. The Kier molecular flexibility index (Phi) is 4.98. The van der Waals surface area contributed by atoms with Gasteiger partial charge in [-0.3, -0.25) is 9.59 Å². The van der Waals surface area contributed by atoms with E-state index in [1.807, 2.05) is 0 Å². The van der Waals surface area contributed by atoms with Crippen LogP contribution >= 0.6 is 0 Å². The van der Waals surface area contributed by atoms with Crippen molar-refractivity contribution in [1.82, 2.24) is 0 Å². The lowest BCUT2D eigenvalue weighted by molar-refractivity contribution is -0.142. The smallest absolute Gasteiger partial charge is 0.307 e. The number of nitrogens with two attached hydrogens (primary N) is 2. The quantitative estimate of drug-likeness (QED) is 0.510. The highest BCUT2D eigenvalue weighted by Gasteiger charge is 2.09. The standard InChI is InChI=1S/C12H17N3O3/c1-2-18-11(16)5-6-15-10-7-8(13)3-4-9(10)12(14)17/h3-4,7,15H,2,5-6,13H2,1H3,(H2,14,17). The minimum Gasteiger partial charge on any atom is -0.466 e. The second-order valence-electron chi connectivity index (χ2n) is 3.65. The molecule has 0 saturated heterocycles. The summed E-state index contributed by atoms with van der Waals surface area (Å²) in [6, 6.07) is 4.74. The van der Waals surface area contributed by atoms with E-state index < -0.39 is 5.91 Å². The first-order chi connectivity index (χ1) is 8.54. The van der Waals surface area contributed by atoms with Crippen LogP contribution in [-0.4, -0.2) is 25.0 Å². The van der Waals surface area contributed by atoms with Crippen molar-refractivity contribution >= 4 is 23.3 Å². The average molecular weight is 251 g/mol. The van der Waals surface area contributed by atoms with Crippen LogP contribution in [0, 0.1) is 0 Å². The van der Waals surface area contributed by atoms with Gasteiger partial charge < -0.3 is 21.5 Å². The zero-order valence-electron chi connectivity index (χ0n) is 10.2. The molecule has 1 amide bonds. The Bertz CT molecular complexity index is 446. The Morgan fingerprint density at radius 2 is 2.11 bits per heavy atom. The predicted molar refractivity (Wildman–Crippen MR) is 69.1 cm³/mol. The number of carbonyl (C=O) groups excluding carboxylic acids is 2. The van der Waals surface area contributed by atoms with Gasteiger partial charge in [-0.25, -0.2) is 0 Å². The third-order valence-corrected chi connectivity index (χ3v) is 2.26. The summed E-state index contributed by atoms with van der Waals surface area (Å²) < 4.78 is 4.79. The van der Waals surface area contributed by atoms with Crippen LogP contribution in [0.2, 0.25) is 0 Å². The second kappa shape index (κ2) is 6.48. The Balaban J connectivity index is 2.63. The van der Waals surface area contributed by atoms with Crippen molar-refractivity contribution in [2.24, 2.45) is 5.73 Å². The van der Waals surface area contributed by atoms with Crippen molar-refractivity contribution in [2.45, 2.75) is 13.3 Å². The lowest BCUT2D eigenvalue weighted by atomic mass is 10.1. The highest BCUT2D eigenvalue weighted by molar-refractivity contribution is 5.99. The van der Waals surface area contributed by atoms with Gasteiger partial charge in [-0.2, -0.15) is 0 Å². The highest BCUT2D eigenvalue weighted by Crippen LogP contribution is 2.18. The number of nitrogens with one attached hydrogen (secondary N) is 1. The fraction of sp³-hybridized carbons (Fsp3) is 0.333. The Hall–Kier alpha value is -2.24. The fourth-order valence-electron chi connectivity index (χ4n) is 1.46. The summed E-state index contributed by atoms with van der Waals surface area (Å²) in [5, 5.41) is 2.94. The van der Waals surface area contributed by atoms with Crippen LogP contribution in [0.25, 0.3) is 0 Å². The molecule has 1 rings (SSSR count). The number of rotatable bonds is 6. The van der Waals surface area contributed by atoms with Gasteiger partial charge in [-0.05, 0) is 25.1 Å². The average Bonchev–Trinajstić information content (AvgIpc) is 2.29. The molecule has 1 aromatic carbocycles. The Morgan fingerprint density at radius 3 is 2.72 bits per heavy atom. The molecule has 1 aromatic rings. The summed E-state index contributed by atoms with van der Waals surface area (Å²) >= 11 is 0. The van der Waals surface area contributed by atoms with Crippen molar-refractivity contribution in [1.29, 1.82) is 0 Å². The molecular weight excluding hydrogens is 234 g/mol. The second-order valence-corrected chi connectivity index (χ2v) is 3.65. The summed E-state index contributed by atoms with van der Waals surface area (Å²) in [7, 11) is 0. The molecule has 6 heteroatoms. The van der Waals surface area contributed by atoms with E-state index in [0.29, 0.717) is 30.1 Å². The molecule has 0 spiro atoms. The summed E-state index contributed by atoms with van der Waals surface area (Å²) in [6.07, 6.45) is 0.209. The van der Waals surface area contributed by atoms with Crippen molar-refractivity contribution in [3.63, 3.8) is 0 Å². The summed E-state index contributed by atoms with van der Waals surface area (Å²) in [5.74, 6) is -0.844. The molecule has 0 aliphatic heterocycles. The molecule has 98 valence electrons. The SMILES string of the molecule is CCOC(=O)CCNc1cc(N)ccc1C(N)=O. The molecule has 5 N–H and O–H groups in total. The molecule has 0 aliphatic carbocycles. The topological polar surface area (TPSA) is 107 Å². The molecule has 0 aromatic heterocycles. The number of ether oxygens (including phenoxy) is 1. The van der Waals surface area contributed by atoms with Gasteiger partial charge in [0.15, 0.2) is 0 Å². The summed E-state index contributed by atoms with van der Waals surface area (Å²) in [5.41, 5.74) is 12.2. The normalized spacial score (nSPS) is 9.83. The molecule has 6 nitrogen and oxygen atoms in total. The van der Waals surface area contributed by atoms with Crippen LogP contribution in [0.3, 0.4) is 0 Å². The molecular formula is C12H17N3O3. The number of nitrogen functional groups attached to an aromatic ring is 1. The van der Waals surface area contributed by atoms with Crippen LogP contribution in [0.5, 0.6) is 0 Å². The fourth-order valence-corrected chi connectivity index (χ4v) is 1.46. The monoisotopic (exact) mass is 251 g/mol. The number of hydrogen-bond acceptors (Lipinski definition) is 5. The lowest BCUT2D eigenvalue weighted by Gasteiger charge is -2.10. The molecule has 0 atom stereocenters. The van der Waals surface area contributed by atoms with Crippen LogP contribution < -0.4 is 16.8 Å². The first-order valence-electron chi connectivity index (χ1n) is 5.63. The Labute approximate surface area is 105 Å². The molecule has 0 saturated carbocycles. The first kappa shape index (κ1) is 13.8. The molecule has 0 heterocycles. The van der Waals surface area contributed by atoms with Gasteiger partial charge in [0.05, 0.1) is 18.6 Å². The van der Waals surface area contributed by atoms with E-state index in [1.54, 1.807) is 25.1 Å². The minimum atomic E-state index is -0.548. The molecule has 0 unspecified atom stereocenters. The van der Waals surface area contributed by atoms with E-state index in [4.69, 9.17) is 16.2 Å². The van der Waals surface area contributed by atoms with E-state index in [1.165, 1.54) is 0 Å². The van der Waals surface area contributed by atoms with E-state index in [2.05, 4.69) is 5.32 Å². The zero-order valence-corrected chi connectivity index (χ0v) is 10.2. The van der Waals surface area contributed by atoms with Gasteiger partial charge in [0.25, 0.3) is 5.91 Å². The van der Waals surface area contributed by atoms with Crippen LogP contribution in [0.15, 0.2) is 18.2 Å². The predicted octanol–water partition coefficient (Wildman–Crippen LogP) is 0.733. The zero-order chi connectivity index (χ0) is 13.5. The van der Waals surface area contributed by atoms with Crippen molar-refractivity contribution in [3.8, 4) is 0 Å². The molecule has 18 heavy (non-hydrogen) atoms. The van der Waals surface area contributed by atoms with E-state index in [9.17, 15) is 9.59 Å². The third kappa shape index (κ3) is 3.97. The van der Waals surface area contributed by atoms with Gasteiger partial charge in [0, 0.05) is 17.9 Å². The number of primary amides is 1. The number of carbonyl (C=O) groups is 2. The van der Waals surface area contributed by atoms with Crippen LogP contribution in [-0.2, 0) is 9.53 Å². The third-order valence-electron chi connectivity index (χ3n) is 2.26. The van der Waals surface area contributed by atoms with E-state index >= 15 is 0 Å². The number of esters is 1. The Morgan fingerprint density at radius 1 is 1.39 bits per heavy atom. The van der Waals surface area contributed by atoms with Gasteiger partial charge in [0.1, 0.15) is 0 Å². The van der Waals surface area contributed by atoms with Crippen molar-refractivity contribution in [3.05, 3.63) is 23.8 Å². The summed E-state index contributed by atoms with van der Waals surface area (Å²) in [4.78, 5) is 22.3. The molecule has 0 bridgehead atoms. The number of amides is 1. The van der Waals surface area contributed by atoms with Gasteiger partial charge in [-0.1, -0.05) is 0 Å². The van der Waals surface area contributed by atoms with Gasteiger partial charge in [0.2, 0.25) is 0 Å². The maximum absolute atomic E-state index is 11.2. The van der Waals surface area contributed by atoms with Crippen molar-refractivity contribution in [2.75, 3.05) is 24.2 Å². The van der Waals surface area contributed by atoms with E-state index in [0.717, 1.165) is 0 Å². The maximum Gasteiger partial charge on any atom is 0.307 e. The van der Waals surface area contributed by atoms with Crippen LogP contribution in [0.4, 0.5) is 11.4 Å².